The fourth-order valence-electron chi connectivity index (χ4n) is 5.07. The molecule has 1 fully saturated rings. The largest absolute Gasteiger partial charge is 0.369 e. The molecule has 2 nitrogen and oxygen atoms in total. The Balaban J connectivity index is 1.44. The molecule has 1 aliphatic heterocycles. The first-order valence-corrected chi connectivity index (χ1v) is 12.2. The minimum Gasteiger partial charge on any atom is -0.369 e. The lowest BCUT2D eigenvalue weighted by Gasteiger charge is -2.39. The van der Waals surface area contributed by atoms with Gasteiger partial charge in [0, 0.05) is 43.4 Å². The van der Waals surface area contributed by atoms with Crippen molar-refractivity contribution in [2.24, 2.45) is 5.41 Å². The summed E-state index contributed by atoms with van der Waals surface area (Å²) < 4.78 is 0. The molecule has 31 heavy (non-hydrogen) atoms. The Kier molecular flexibility index (Phi) is 6.79. The van der Waals surface area contributed by atoms with Crippen LogP contribution in [-0.4, -0.2) is 37.6 Å². The molecule has 0 aromatic heterocycles. The number of nitrogens with zero attached hydrogens (tertiary/aromatic N) is 2. The van der Waals surface area contributed by atoms with Gasteiger partial charge in [0.1, 0.15) is 0 Å². The van der Waals surface area contributed by atoms with Crippen LogP contribution in [0.2, 0.25) is 5.02 Å². The number of hydrogen-bond acceptors (Lipinski definition) is 2. The highest BCUT2D eigenvalue weighted by molar-refractivity contribution is 6.30. The molecule has 0 unspecified atom stereocenters. The zero-order chi connectivity index (χ0) is 22.0. The molecule has 0 radical (unpaired) electrons. The van der Waals surface area contributed by atoms with Gasteiger partial charge in [0.2, 0.25) is 0 Å². The summed E-state index contributed by atoms with van der Waals surface area (Å²) >= 11 is 6.15. The number of hydrogen-bond donors (Lipinski definition) is 0. The molecule has 2 aromatic carbocycles. The highest BCUT2D eigenvalue weighted by atomic mass is 35.5. The molecular formula is C28H37ClN2. The third-order valence-electron chi connectivity index (χ3n) is 7.07. The Morgan fingerprint density at radius 3 is 2.16 bits per heavy atom. The van der Waals surface area contributed by atoms with Gasteiger partial charge < -0.3 is 4.90 Å². The minimum atomic E-state index is 0.394. The Morgan fingerprint density at radius 1 is 0.903 bits per heavy atom. The SMILES string of the molecule is CC(C)c1ccc(N2CCN(CC3=C(c4ccc(Cl)cc4)CCC(C)(C)C3)CC2)cc1. The summed E-state index contributed by atoms with van der Waals surface area (Å²) in [5, 5.41) is 0.819. The lowest BCUT2D eigenvalue weighted by Crippen LogP contribution is -2.47. The Morgan fingerprint density at radius 2 is 1.55 bits per heavy atom. The third-order valence-corrected chi connectivity index (χ3v) is 7.33. The average molecular weight is 437 g/mol. The number of benzene rings is 2. The van der Waals surface area contributed by atoms with Gasteiger partial charge in [-0.15, -0.1) is 0 Å². The average Bonchev–Trinajstić information content (AvgIpc) is 2.75. The molecule has 0 bridgehead atoms. The number of rotatable bonds is 5. The lowest BCUT2D eigenvalue weighted by molar-refractivity contribution is 0.256. The second-order valence-corrected chi connectivity index (χ2v) is 10.9. The predicted molar refractivity (Wildman–Crippen MR) is 135 cm³/mol. The molecule has 3 heteroatoms. The first-order valence-electron chi connectivity index (χ1n) is 11.8. The van der Waals surface area contributed by atoms with Gasteiger partial charge in [-0.3, -0.25) is 4.90 Å². The Bertz CT molecular complexity index is 901. The van der Waals surface area contributed by atoms with Crippen molar-refractivity contribution >= 4 is 22.9 Å². The van der Waals surface area contributed by atoms with E-state index in [0.29, 0.717) is 11.3 Å². The van der Waals surface area contributed by atoms with Crippen LogP contribution in [0.3, 0.4) is 0 Å². The van der Waals surface area contributed by atoms with Crippen molar-refractivity contribution in [3.63, 3.8) is 0 Å². The van der Waals surface area contributed by atoms with E-state index in [1.54, 1.807) is 11.1 Å². The van der Waals surface area contributed by atoms with E-state index < -0.39 is 0 Å². The number of halogens is 1. The van der Waals surface area contributed by atoms with Crippen molar-refractivity contribution in [2.75, 3.05) is 37.6 Å². The second-order valence-electron chi connectivity index (χ2n) is 10.4. The van der Waals surface area contributed by atoms with Crippen LogP contribution in [0.5, 0.6) is 0 Å². The van der Waals surface area contributed by atoms with E-state index >= 15 is 0 Å². The van der Waals surface area contributed by atoms with Gasteiger partial charge in [-0.2, -0.15) is 0 Å². The summed E-state index contributed by atoms with van der Waals surface area (Å²) in [5.41, 5.74) is 7.73. The van der Waals surface area contributed by atoms with Gasteiger partial charge in [-0.05, 0) is 71.6 Å². The summed E-state index contributed by atoms with van der Waals surface area (Å²) in [5.74, 6) is 0.591. The lowest BCUT2D eigenvalue weighted by atomic mass is 9.73. The summed E-state index contributed by atoms with van der Waals surface area (Å²) in [4.78, 5) is 5.20. The van der Waals surface area contributed by atoms with E-state index in [0.717, 1.165) is 37.7 Å². The summed E-state index contributed by atoms with van der Waals surface area (Å²) in [6.07, 6.45) is 3.63. The molecule has 0 N–H and O–H groups in total. The van der Waals surface area contributed by atoms with Gasteiger partial charge in [-0.1, -0.05) is 69.1 Å². The third kappa shape index (κ3) is 5.54. The van der Waals surface area contributed by atoms with Crippen LogP contribution in [0.25, 0.3) is 5.57 Å². The summed E-state index contributed by atoms with van der Waals surface area (Å²) in [6, 6.07) is 17.7. The van der Waals surface area contributed by atoms with Crippen LogP contribution in [0, 0.1) is 5.41 Å². The fraction of sp³-hybridized carbons (Fsp3) is 0.500. The van der Waals surface area contributed by atoms with E-state index in [4.69, 9.17) is 11.6 Å². The first kappa shape index (κ1) is 22.4. The topological polar surface area (TPSA) is 6.48 Å². The van der Waals surface area contributed by atoms with Crippen LogP contribution in [0.15, 0.2) is 54.1 Å². The maximum Gasteiger partial charge on any atom is 0.0406 e. The first-order chi connectivity index (χ1) is 14.8. The van der Waals surface area contributed by atoms with Crippen LogP contribution in [-0.2, 0) is 0 Å². The maximum atomic E-state index is 6.15. The number of piperazine rings is 1. The molecule has 4 rings (SSSR count). The van der Waals surface area contributed by atoms with Crippen LogP contribution < -0.4 is 4.90 Å². The molecule has 166 valence electrons. The van der Waals surface area contributed by atoms with Crippen LogP contribution >= 0.6 is 11.6 Å². The van der Waals surface area contributed by atoms with Crippen LogP contribution in [0.1, 0.15) is 64.0 Å². The van der Waals surface area contributed by atoms with Crippen LogP contribution in [0.4, 0.5) is 5.69 Å². The standard InChI is InChI=1S/C28H37ClN2/c1-21(2)22-7-11-26(12-8-22)31-17-15-30(16-18-31)20-24-19-28(3,4)14-13-27(24)23-5-9-25(29)10-6-23/h5-12,21H,13-20H2,1-4H3. The van der Waals surface area contributed by atoms with Gasteiger partial charge in [0.05, 0.1) is 0 Å². The normalized spacial score (nSPS) is 19.9. The molecule has 1 saturated heterocycles. The second kappa shape index (κ2) is 9.38. The van der Waals surface area contributed by atoms with Crippen molar-refractivity contribution in [1.29, 1.82) is 0 Å². The van der Waals surface area contributed by atoms with E-state index in [-0.39, 0.29) is 0 Å². The monoisotopic (exact) mass is 436 g/mol. The maximum absolute atomic E-state index is 6.15. The summed E-state index contributed by atoms with van der Waals surface area (Å²) in [7, 11) is 0. The van der Waals surface area contributed by atoms with Gasteiger partial charge in [-0.25, -0.2) is 0 Å². The molecule has 0 amide bonds. The van der Waals surface area contributed by atoms with Crippen molar-refractivity contribution < 1.29 is 0 Å². The Labute approximate surface area is 193 Å². The molecule has 1 aliphatic carbocycles. The molecule has 0 spiro atoms. The molecule has 2 aromatic rings. The number of allylic oxidation sites excluding steroid dienone is 1. The highest BCUT2D eigenvalue weighted by Gasteiger charge is 2.29. The van der Waals surface area contributed by atoms with Gasteiger partial charge in [0.25, 0.3) is 0 Å². The highest BCUT2D eigenvalue weighted by Crippen LogP contribution is 2.42. The Hall–Kier alpha value is -1.77. The van der Waals surface area contributed by atoms with E-state index in [1.807, 2.05) is 12.1 Å². The summed E-state index contributed by atoms with van der Waals surface area (Å²) in [6.45, 7) is 14.9. The molecule has 2 aliphatic rings. The molecule has 0 atom stereocenters. The number of anilines is 1. The van der Waals surface area contributed by atoms with Gasteiger partial charge in [0.15, 0.2) is 0 Å². The van der Waals surface area contributed by atoms with E-state index in [9.17, 15) is 0 Å². The van der Waals surface area contributed by atoms with E-state index in [1.165, 1.54) is 36.1 Å². The predicted octanol–water partition coefficient (Wildman–Crippen LogP) is 7.25. The smallest absolute Gasteiger partial charge is 0.0406 e. The van der Waals surface area contributed by atoms with Crippen molar-refractivity contribution in [1.82, 2.24) is 4.90 Å². The minimum absolute atomic E-state index is 0.394. The van der Waals surface area contributed by atoms with Crippen molar-refractivity contribution in [3.05, 3.63) is 70.3 Å². The zero-order valence-electron chi connectivity index (χ0n) is 19.6. The van der Waals surface area contributed by atoms with Gasteiger partial charge >= 0.3 is 0 Å². The van der Waals surface area contributed by atoms with Crippen molar-refractivity contribution in [2.45, 2.75) is 52.9 Å². The fourth-order valence-corrected chi connectivity index (χ4v) is 5.19. The molecular weight excluding hydrogens is 400 g/mol. The van der Waals surface area contributed by atoms with Crippen molar-refractivity contribution in [3.8, 4) is 0 Å². The van der Waals surface area contributed by atoms with E-state index in [2.05, 4.69) is 73.9 Å². The molecule has 0 saturated carbocycles. The quantitative estimate of drug-likeness (QED) is 0.487. The zero-order valence-corrected chi connectivity index (χ0v) is 20.4. The molecule has 1 heterocycles.